The van der Waals surface area contributed by atoms with Crippen molar-refractivity contribution in [1.82, 2.24) is 0 Å². The van der Waals surface area contributed by atoms with Gasteiger partial charge in [0.1, 0.15) is 0 Å². The van der Waals surface area contributed by atoms with Crippen molar-refractivity contribution in [3.63, 3.8) is 0 Å². The van der Waals surface area contributed by atoms with Gasteiger partial charge in [-0.05, 0) is 54.7 Å². The van der Waals surface area contributed by atoms with Gasteiger partial charge in [-0.2, -0.15) is 0 Å². The van der Waals surface area contributed by atoms with E-state index in [0.717, 1.165) is 19.3 Å². The van der Waals surface area contributed by atoms with Crippen molar-refractivity contribution >= 4 is 29.0 Å². The average Bonchev–Trinajstić information content (AvgIpc) is 3.02. The van der Waals surface area contributed by atoms with Crippen LogP contribution in [0, 0.1) is 0 Å². The van der Waals surface area contributed by atoms with Crippen LogP contribution in [0.15, 0.2) is 36.4 Å². The Morgan fingerprint density at radius 3 is 2.57 bits per heavy atom. The van der Waals surface area contributed by atoms with Crippen molar-refractivity contribution in [1.29, 1.82) is 0 Å². The van der Waals surface area contributed by atoms with Crippen LogP contribution < -0.4 is 5.73 Å². The number of anilines is 1. The van der Waals surface area contributed by atoms with Gasteiger partial charge in [0.2, 0.25) is 0 Å². The molecule has 0 unspecified atom stereocenters. The highest BCUT2D eigenvalue weighted by molar-refractivity contribution is 6.33. The average molecular weight is 330 g/mol. The molecule has 0 aliphatic heterocycles. The van der Waals surface area contributed by atoms with Crippen LogP contribution in [0.25, 0.3) is 0 Å². The number of nitrogen functional groups attached to an aromatic ring is 1. The molecule has 0 heterocycles. The van der Waals surface area contributed by atoms with Crippen LogP contribution in [0.5, 0.6) is 0 Å². The Hall–Kier alpha value is -2.33. The second kappa shape index (κ2) is 6.42. The van der Waals surface area contributed by atoms with Crippen LogP contribution in [0.1, 0.15) is 38.3 Å². The van der Waals surface area contributed by atoms with Gasteiger partial charge in [-0.1, -0.05) is 23.7 Å². The molecule has 5 heteroatoms. The number of Topliss-reactive ketones (excluding diaryl/α,β-unsaturated/α-hetero) is 1. The first kappa shape index (κ1) is 15.6. The topological polar surface area (TPSA) is 69.4 Å². The van der Waals surface area contributed by atoms with Gasteiger partial charge < -0.3 is 10.5 Å². The van der Waals surface area contributed by atoms with E-state index < -0.39 is 5.97 Å². The molecule has 0 radical (unpaired) electrons. The highest BCUT2D eigenvalue weighted by Crippen LogP contribution is 2.23. The number of rotatable bonds is 4. The first-order valence-corrected chi connectivity index (χ1v) is 7.79. The lowest BCUT2D eigenvalue weighted by Gasteiger charge is -2.07. The minimum atomic E-state index is -0.595. The lowest BCUT2D eigenvalue weighted by Crippen LogP contribution is -2.14. The Morgan fingerprint density at radius 2 is 1.78 bits per heavy atom. The number of carbonyl (C=O) groups excluding carboxylic acids is 2. The summed E-state index contributed by atoms with van der Waals surface area (Å²) in [5.74, 6) is -0.808. The number of ether oxygens (including phenoxy) is 1. The highest BCUT2D eigenvalue weighted by atomic mass is 35.5. The van der Waals surface area contributed by atoms with Crippen LogP contribution in [0.4, 0.5) is 5.69 Å². The van der Waals surface area contributed by atoms with Crippen molar-refractivity contribution in [2.45, 2.75) is 19.3 Å². The largest absolute Gasteiger partial charge is 0.454 e. The summed E-state index contributed by atoms with van der Waals surface area (Å²) in [5, 5.41) is 0.371. The van der Waals surface area contributed by atoms with E-state index in [0.29, 0.717) is 16.3 Å². The first-order valence-electron chi connectivity index (χ1n) is 7.42. The van der Waals surface area contributed by atoms with Crippen molar-refractivity contribution in [3.8, 4) is 0 Å². The molecule has 0 spiro atoms. The Kier molecular flexibility index (Phi) is 4.35. The standard InChI is InChI=1S/C18H16ClNO3/c19-15-7-6-14(9-16(15)20)18(22)23-10-17(21)13-5-4-11-2-1-3-12(11)8-13/h4-9H,1-3,10,20H2. The van der Waals surface area contributed by atoms with Crippen LogP contribution in [-0.4, -0.2) is 18.4 Å². The van der Waals surface area contributed by atoms with Gasteiger partial charge in [0, 0.05) is 5.56 Å². The predicted octanol–water partition coefficient (Wildman–Crippen LogP) is 3.45. The van der Waals surface area contributed by atoms with Crippen LogP contribution in [-0.2, 0) is 17.6 Å². The molecule has 118 valence electrons. The zero-order chi connectivity index (χ0) is 16.4. The Bertz CT molecular complexity index is 786. The molecule has 3 rings (SSSR count). The van der Waals surface area contributed by atoms with Gasteiger partial charge in [0.15, 0.2) is 12.4 Å². The third-order valence-electron chi connectivity index (χ3n) is 3.99. The number of esters is 1. The Morgan fingerprint density at radius 1 is 1.04 bits per heavy atom. The monoisotopic (exact) mass is 329 g/mol. The molecular weight excluding hydrogens is 314 g/mol. The number of fused-ring (bicyclic) bond motifs is 1. The van der Waals surface area contributed by atoms with Crippen molar-refractivity contribution in [3.05, 3.63) is 63.7 Å². The zero-order valence-corrected chi connectivity index (χ0v) is 13.2. The third kappa shape index (κ3) is 3.37. The summed E-state index contributed by atoms with van der Waals surface area (Å²) in [4.78, 5) is 24.1. The summed E-state index contributed by atoms with van der Waals surface area (Å²) < 4.78 is 5.07. The van der Waals surface area contributed by atoms with E-state index in [-0.39, 0.29) is 18.0 Å². The fourth-order valence-corrected chi connectivity index (χ4v) is 2.83. The molecule has 0 saturated heterocycles. The molecule has 23 heavy (non-hydrogen) atoms. The molecule has 0 amide bonds. The molecule has 2 aromatic carbocycles. The summed E-state index contributed by atoms with van der Waals surface area (Å²) in [5.41, 5.74) is 9.31. The second-order valence-corrected chi connectivity index (χ2v) is 5.98. The minimum Gasteiger partial charge on any atom is -0.454 e. The van der Waals surface area contributed by atoms with Crippen LogP contribution in [0.3, 0.4) is 0 Å². The fraction of sp³-hybridized carbons (Fsp3) is 0.222. The zero-order valence-electron chi connectivity index (χ0n) is 12.5. The smallest absolute Gasteiger partial charge is 0.338 e. The SMILES string of the molecule is Nc1cc(C(=O)OCC(=O)c2ccc3c(c2)CCC3)ccc1Cl. The van der Waals surface area contributed by atoms with Gasteiger partial charge >= 0.3 is 5.97 Å². The Balaban J connectivity index is 1.64. The van der Waals surface area contributed by atoms with Crippen molar-refractivity contribution in [2.24, 2.45) is 0 Å². The third-order valence-corrected chi connectivity index (χ3v) is 4.33. The molecule has 0 bridgehead atoms. The normalized spacial score (nSPS) is 12.7. The van der Waals surface area contributed by atoms with Gasteiger partial charge in [-0.3, -0.25) is 4.79 Å². The van der Waals surface area contributed by atoms with Gasteiger partial charge in [-0.15, -0.1) is 0 Å². The summed E-state index contributed by atoms with van der Waals surface area (Å²) in [6.07, 6.45) is 3.19. The summed E-state index contributed by atoms with van der Waals surface area (Å²) in [7, 11) is 0. The Labute approximate surface area is 139 Å². The van der Waals surface area contributed by atoms with E-state index in [1.807, 2.05) is 12.1 Å². The first-order chi connectivity index (χ1) is 11.0. The maximum atomic E-state index is 12.2. The number of benzene rings is 2. The highest BCUT2D eigenvalue weighted by Gasteiger charge is 2.16. The molecule has 0 fully saturated rings. The number of aryl methyl sites for hydroxylation is 2. The van der Waals surface area contributed by atoms with E-state index in [4.69, 9.17) is 22.1 Å². The molecular formula is C18H16ClNO3. The molecule has 0 atom stereocenters. The van der Waals surface area contributed by atoms with E-state index in [1.165, 1.54) is 29.3 Å². The number of halogens is 1. The molecule has 4 nitrogen and oxygen atoms in total. The minimum absolute atomic E-state index is 0.213. The van der Waals surface area contributed by atoms with E-state index in [2.05, 4.69) is 0 Å². The van der Waals surface area contributed by atoms with Crippen LogP contribution >= 0.6 is 11.6 Å². The maximum absolute atomic E-state index is 12.2. The summed E-state index contributed by atoms with van der Waals surface area (Å²) >= 11 is 5.81. The number of carbonyl (C=O) groups is 2. The number of hydrogen-bond donors (Lipinski definition) is 1. The summed E-state index contributed by atoms with van der Waals surface area (Å²) in [6, 6.07) is 10.2. The molecule has 1 aliphatic carbocycles. The maximum Gasteiger partial charge on any atom is 0.338 e. The summed E-state index contributed by atoms with van der Waals surface area (Å²) in [6.45, 7) is -0.292. The van der Waals surface area contributed by atoms with Gasteiger partial charge in [-0.25, -0.2) is 4.79 Å². The van der Waals surface area contributed by atoms with Crippen molar-refractivity contribution < 1.29 is 14.3 Å². The second-order valence-electron chi connectivity index (χ2n) is 5.57. The quantitative estimate of drug-likeness (QED) is 0.530. The van der Waals surface area contributed by atoms with Crippen molar-refractivity contribution in [2.75, 3.05) is 12.3 Å². The number of hydrogen-bond acceptors (Lipinski definition) is 4. The molecule has 1 aliphatic rings. The lowest BCUT2D eigenvalue weighted by molar-refractivity contribution is 0.0475. The van der Waals surface area contributed by atoms with E-state index in [9.17, 15) is 9.59 Å². The molecule has 2 aromatic rings. The number of ketones is 1. The van der Waals surface area contributed by atoms with E-state index in [1.54, 1.807) is 6.07 Å². The molecule has 0 aromatic heterocycles. The lowest BCUT2D eigenvalue weighted by atomic mass is 10.0. The van der Waals surface area contributed by atoms with Gasteiger partial charge in [0.05, 0.1) is 16.3 Å². The van der Waals surface area contributed by atoms with Crippen LogP contribution in [0.2, 0.25) is 5.02 Å². The predicted molar refractivity (Wildman–Crippen MR) is 88.9 cm³/mol. The van der Waals surface area contributed by atoms with Gasteiger partial charge in [0.25, 0.3) is 0 Å². The molecule has 2 N–H and O–H groups in total. The molecule has 0 saturated carbocycles. The van der Waals surface area contributed by atoms with E-state index >= 15 is 0 Å². The number of nitrogens with two attached hydrogens (primary N) is 1. The fourth-order valence-electron chi connectivity index (χ4n) is 2.71.